The molecule has 1 amide bonds. The molecule has 2 rings (SSSR count). The zero-order valence-electron chi connectivity index (χ0n) is 15.6. The third-order valence-corrected chi connectivity index (χ3v) is 4.39. The normalized spacial score (nSPS) is 12.8. The van der Waals surface area contributed by atoms with Gasteiger partial charge in [0.25, 0.3) is 0 Å². The van der Waals surface area contributed by atoms with E-state index < -0.39 is 0 Å². The van der Waals surface area contributed by atoms with Crippen LogP contribution in [0.4, 0.5) is 0 Å². The van der Waals surface area contributed by atoms with Crippen LogP contribution < -0.4 is 25.3 Å². The van der Waals surface area contributed by atoms with Gasteiger partial charge in [-0.25, -0.2) is 0 Å². The van der Waals surface area contributed by atoms with E-state index in [9.17, 15) is 4.79 Å². The number of methoxy groups -OCH3 is 3. The first-order valence-corrected chi connectivity index (χ1v) is 8.39. The Morgan fingerprint density at radius 3 is 2.12 bits per heavy atom. The lowest BCUT2D eigenvalue weighted by atomic mass is 9.94. The molecule has 6 nitrogen and oxygen atoms in total. The molecule has 2 aromatic rings. The smallest absolute Gasteiger partial charge is 0.225 e. The Kier molecular flexibility index (Phi) is 6.86. The highest BCUT2D eigenvalue weighted by Gasteiger charge is 2.23. The number of hydrogen-bond acceptors (Lipinski definition) is 5. The largest absolute Gasteiger partial charge is 0.496 e. The van der Waals surface area contributed by atoms with Gasteiger partial charge in [-0.15, -0.1) is 0 Å². The number of carbonyl (C=O) groups is 1. The number of amides is 1. The van der Waals surface area contributed by atoms with E-state index in [1.807, 2.05) is 37.3 Å². The maximum atomic E-state index is 12.6. The zero-order valence-corrected chi connectivity index (χ0v) is 15.6. The minimum Gasteiger partial charge on any atom is -0.496 e. The van der Waals surface area contributed by atoms with Gasteiger partial charge in [0.1, 0.15) is 17.2 Å². The van der Waals surface area contributed by atoms with Crippen LogP contribution in [0.3, 0.4) is 0 Å². The number of carbonyl (C=O) groups excluding carboxylic acids is 1. The van der Waals surface area contributed by atoms with E-state index in [0.717, 1.165) is 11.1 Å². The Labute approximate surface area is 154 Å². The molecule has 0 radical (unpaired) electrons. The molecule has 140 valence electrons. The highest BCUT2D eigenvalue weighted by molar-refractivity contribution is 5.79. The highest BCUT2D eigenvalue weighted by atomic mass is 16.5. The van der Waals surface area contributed by atoms with Gasteiger partial charge in [0.2, 0.25) is 5.91 Å². The Bertz CT molecular complexity index is 709. The number of nitrogens with two attached hydrogens (primary N) is 1. The topological polar surface area (TPSA) is 82.8 Å². The molecule has 0 saturated carbocycles. The number of benzene rings is 2. The van der Waals surface area contributed by atoms with Gasteiger partial charge in [-0.05, 0) is 5.56 Å². The average molecular weight is 358 g/mol. The quantitative estimate of drug-likeness (QED) is 0.758. The van der Waals surface area contributed by atoms with E-state index in [4.69, 9.17) is 19.9 Å². The summed E-state index contributed by atoms with van der Waals surface area (Å²) >= 11 is 0. The highest BCUT2D eigenvalue weighted by Crippen LogP contribution is 2.34. The van der Waals surface area contributed by atoms with Crippen LogP contribution in [0.2, 0.25) is 0 Å². The number of rotatable bonds is 8. The van der Waals surface area contributed by atoms with Crippen LogP contribution in [0.15, 0.2) is 42.5 Å². The Balaban J connectivity index is 2.11. The van der Waals surface area contributed by atoms with Crippen LogP contribution in [-0.2, 0) is 11.3 Å². The Hall–Kier alpha value is -2.73. The fourth-order valence-corrected chi connectivity index (χ4v) is 2.72. The maximum Gasteiger partial charge on any atom is 0.225 e. The van der Waals surface area contributed by atoms with Crippen LogP contribution in [0.1, 0.15) is 24.1 Å². The second kappa shape index (κ2) is 9.10. The summed E-state index contributed by atoms with van der Waals surface area (Å²) in [5, 5.41) is 2.92. The summed E-state index contributed by atoms with van der Waals surface area (Å²) in [6.07, 6.45) is 0. The van der Waals surface area contributed by atoms with Crippen LogP contribution >= 0.6 is 0 Å². The first kappa shape index (κ1) is 19.6. The molecule has 0 spiro atoms. The van der Waals surface area contributed by atoms with Crippen LogP contribution in [0.5, 0.6) is 17.2 Å². The molecule has 2 atom stereocenters. The average Bonchev–Trinajstić information content (AvgIpc) is 2.70. The van der Waals surface area contributed by atoms with Crippen molar-refractivity contribution in [1.82, 2.24) is 5.32 Å². The van der Waals surface area contributed by atoms with Crippen molar-refractivity contribution in [2.24, 2.45) is 11.7 Å². The third-order valence-electron chi connectivity index (χ3n) is 4.39. The third kappa shape index (κ3) is 4.46. The minimum atomic E-state index is -0.382. The molecule has 0 aliphatic rings. The number of nitrogens with one attached hydrogen (secondary N) is 1. The van der Waals surface area contributed by atoms with Crippen molar-refractivity contribution in [3.05, 3.63) is 53.6 Å². The summed E-state index contributed by atoms with van der Waals surface area (Å²) in [6, 6.07) is 12.7. The van der Waals surface area contributed by atoms with Crippen molar-refractivity contribution in [2.45, 2.75) is 19.5 Å². The van der Waals surface area contributed by atoms with Gasteiger partial charge in [-0.1, -0.05) is 37.3 Å². The number of hydrogen-bond donors (Lipinski definition) is 2. The van der Waals surface area contributed by atoms with Crippen molar-refractivity contribution in [3.63, 3.8) is 0 Å². The van der Waals surface area contributed by atoms with Gasteiger partial charge >= 0.3 is 0 Å². The fourth-order valence-electron chi connectivity index (χ4n) is 2.72. The Morgan fingerprint density at radius 2 is 1.62 bits per heavy atom. The van der Waals surface area contributed by atoms with Crippen LogP contribution in [0, 0.1) is 5.92 Å². The summed E-state index contributed by atoms with van der Waals surface area (Å²) in [5.41, 5.74) is 7.90. The van der Waals surface area contributed by atoms with Crippen LogP contribution in [-0.4, -0.2) is 27.2 Å². The van der Waals surface area contributed by atoms with Gasteiger partial charge in [0.15, 0.2) is 0 Å². The molecule has 0 bridgehead atoms. The second-order valence-electron chi connectivity index (χ2n) is 5.95. The Morgan fingerprint density at radius 1 is 1.04 bits per heavy atom. The van der Waals surface area contributed by atoms with Crippen LogP contribution in [0.25, 0.3) is 0 Å². The van der Waals surface area contributed by atoms with E-state index in [1.165, 1.54) is 0 Å². The van der Waals surface area contributed by atoms with E-state index in [2.05, 4.69) is 5.32 Å². The molecule has 0 fully saturated rings. The molecule has 2 unspecified atom stereocenters. The maximum absolute atomic E-state index is 12.6. The van der Waals surface area contributed by atoms with Crippen molar-refractivity contribution in [2.75, 3.05) is 21.3 Å². The first-order chi connectivity index (χ1) is 12.5. The molecule has 26 heavy (non-hydrogen) atoms. The summed E-state index contributed by atoms with van der Waals surface area (Å²) in [4.78, 5) is 12.6. The lowest BCUT2D eigenvalue weighted by Crippen LogP contribution is -2.35. The van der Waals surface area contributed by atoms with Gasteiger partial charge in [-0.2, -0.15) is 0 Å². The van der Waals surface area contributed by atoms with Gasteiger partial charge in [0.05, 0.1) is 39.4 Å². The zero-order chi connectivity index (χ0) is 19.1. The minimum absolute atomic E-state index is 0.138. The molecule has 0 aliphatic carbocycles. The van der Waals surface area contributed by atoms with Gasteiger partial charge in [-0.3, -0.25) is 4.79 Å². The second-order valence-corrected chi connectivity index (χ2v) is 5.95. The monoisotopic (exact) mass is 358 g/mol. The summed E-state index contributed by atoms with van der Waals surface area (Å²) in [5.74, 6) is 1.27. The standard InChI is InChI=1S/C20H26N2O4/c1-13(19(21)14-8-6-5-7-9-14)20(23)22-12-16-17(25-3)10-15(24-2)11-18(16)26-4/h5-11,13,19H,12,21H2,1-4H3,(H,22,23). The SMILES string of the molecule is COc1cc(OC)c(CNC(=O)C(C)C(N)c2ccccc2)c(OC)c1. The van der Waals surface area contributed by atoms with Crippen molar-refractivity contribution < 1.29 is 19.0 Å². The molecular weight excluding hydrogens is 332 g/mol. The predicted molar refractivity (Wildman–Crippen MR) is 100 cm³/mol. The van der Waals surface area contributed by atoms with E-state index >= 15 is 0 Å². The van der Waals surface area contributed by atoms with Crippen molar-refractivity contribution >= 4 is 5.91 Å². The molecule has 3 N–H and O–H groups in total. The summed E-state index contributed by atoms with van der Waals surface area (Å²) in [6.45, 7) is 2.08. The molecular formula is C20H26N2O4. The molecule has 2 aromatic carbocycles. The predicted octanol–water partition coefficient (Wildman–Crippen LogP) is 2.66. The van der Waals surface area contributed by atoms with E-state index in [0.29, 0.717) is 17.2 Å². The van der Waals surface area contributed by atoms with Gasteiger partial charge < -0.3 is 25.3 Å². The van der Waals surface area contributed by atoms with Crippen molar-refractivity contribution in [3.8, 4) is 17.2 Å². The fraction of sp³-hybridized carbons (Fsp3) is 0.350. The molecule has 0 heterocycles. The molecule has 0 saturated heterocycles. The van der Waals surface area contributed by atoms with Gasteiger partial charge in [0, 0.05) is 18.2 Å². The van der Waals surface area contributed by atoms with E-state index in [-0.39, 0.29) is 24.4 Å². The lowest BCUT2D eigenvalue weighted by Gasteiger charge is -2.21. The molecule has 6 heteroatoms. The number of ether oxygens (including phenoxy) is 3. The molecule has 0 aliphatic heterocycles. The summed E-state index contributed by atoms with van der Waals surface area (Å²) in [7, 11) is 4.70. The first-order valence-electron chi connectivity index (χ1n) is 8.39. The molecule has 0 aromatic heterocycles. The van der Waals surface area contributed by atoms with E-state index in [1.54, 1.807) is 33.5 Å². The van der Waals surface area contributed by atoms with Crippen molar-refractivity contribution in [1.29, 1.82) is 0 Å². The summed E-state index contributed by atoms with van der Waals surface area (Å²) < 4.78 is 16.0. The lowest BCUT2D eigenvalue weighted by molar-refractivity contribution is -0.125.